The van der Waals surface area contributed by atoms with E-state index in [0.717, 1.165) is 28.7 Å². The van der Waals surface area contributed by atoms with Gasteiger partial charge in [-0.2, -0.15) is 5.10 Å². The molecule has 0 spiro atoms. The van der Waals surface area contributed by atoms with E-state index in [1.165, 1.54) is 5.56 Å². The Balaban J connectivity index is 1.83. The highest BCUT2D eigenvalue weighted by Crippen LogP contribution is 2.23. The first-order valence-electron chi connectivity index (χ1n) is 7.26. The third-order valence-corrected chi connectivity index (χ3v) is 3.64. The van der Waals surface area contributed by atoms with Crippen molar-refractivity contribution >= 4 is 16.6 Å². The molecule has 1 unspecified atom stereocenters. The van der Waals surface area contributed by atoms with Crippen LogP contribution in [-0.2, 0) is 6.42 Å². The topological polar surface area (TPSA) is 37.8 Å². The molecule has 1 aromatic heterocycles. The molecule has 21 heavy (non-hydrogen) atoms. The third kappa shape index (κ3) is 3.02. The second-order valence-electron chi connectivity index (χ2n) is 5.41. The van der Waals surface area contributed by atoms with E-state index in [1.807, 2.05) is 25.1 Å². The number of aryl methyl sites for hydroxylation is 1. The number of rotatable bonds is 4. The summed E-state index contributed by atoms with van der Waals surface area (Å²) in [5.41, 5.74) is 2.29. The molecule has 106 valence electrons. The van der Waals surface area contributed by atoms with Crippen LogP contribution < -0.4 is 5.32 Å². The van der Waals surface area contributed by atoms with Crippen molar-refractivity contribution in [2.24, 2.45) is 0 Å². The minimum absolute atomic E-state index is 0.299. The molecule has 1 atom stereocenters. The van der Waals surface area contributed by atoms with E-state index in [1.54, 1.807) is 0 Å². The minimum Gasteiger partial charge on any atom is -0.365 e. The monoisotopic (exact) mass is 277 g/mol. The van der Waals surface area contributed by atoms with Crippen molar-refractivity contribution < 1.29 is 0 Å². The summed E-state index contributed by atoms with van der Waals surface area (Å²) in [7, 11) is 0. The van der Waals surface area contributed by atoms with Crippen LogP contribution in [0.5, 0.6) is 0 Å². The van der Waals surface area contributed by atoms with Crippen LogP contribution in [0.2, 0.25) is 0 Å². The summed E-state index contributed by atoms with van der Waals surface area (Å²) < 4.78 is 0. The van der Waals surface area contributed by atoms with Gasteiger partial charge in [-0.1, -0.05) is 54.6 Å². The van der Waals surface area contributed by atoms with Crippen LogP contribution in [0.4, 0.5) is 5.82 Å². The number of hydrogen-bond acceptors (Lipinski definition) is 3. The van der Waals surface area contributed by atoms with E-state index in [2.05, 4.69) is 58.8 Å². The van der Waals surface area contributed by atoms with Gasteiger partial charge in [-0.3, -0.25) is 0 Å². The van der Waals surface area contributed by atoms with Gasteiger partial charge in [0.2, 0.25) is 0 Å². The molecule has 1 N–H and O–H groups in total. The summed E-state index contributed by atoms with van der Waals surface area (Å²) in [5, 5.41) is 14.4. The molecule has 2 aromatic carbocycles. The van der Waals surface area contributed by atoms with Crippen molar-refractivity contribution in [3.63, 3.8) is 0 Å². The lowest BCUT2D eigenvalue weighted by Crippen LogP contribution is -2.19. The SMILES string of the molecule is Cc1nnc(NC(C)Cc2ccccc2)c2ccccc12. The van der Waals surface area contributed by atoms with Gasteiger partial charge in [0, 0.05) is 16.8 Å². The van der Waals surface area contributed by atoms with Gasteiger partial charge in [-0.15, -0.1) is 5.10 Å². The van der Waals surface area contributed by atoms with Gasteiger partial charge in [0.05, 0.1) is 5.69 Å². The molecule has 0 saturated carbocycles. The molecule has 0 fully saturated rings. The van der Waals surface area contributed by atoms with E-state index in [4.69, 9.17) is 0 Å². The molecule has 3 heteroatoms. The summed E-state index contributed by atoms with van der Waals surface area (Å²) in [6, 6.07) is 19.0. The number of nitrogens with zero attached hydrogens (tertiary/aromatic N) is 2. The molecular formula is C18H19N3. The highest BCUT2D eigenvalue weighted by atomic mass is 15.2. The Bertz CT molecular complexity index is 738. The predicted molar refractivity (Wildman–Crippen MR) is 87.5 cm³/mol. The van der Waals surface area contributed by atoms with Crippen molar-refractivity contribution in [1.82, 2.24) is 10.2 Å². The van der Waals surface area contributed by atoms with Gasteiger partial charge in [-0.05, 0) is 25.8 Å². The fraction of sp³-hybridized carbons (Fsp3) is 0.222. The van der Waals surface area contributed by atoms with Crippen LogP contribution in [0.1, 0.15) is 18.2 Å². The van der Waals surface area contributed by atoms with Gasteiger partial charge >= 0.3 is 0 Å². The average molecular weight is 277 g/mol. The smallest absolute Gasteiger partial charge is 0.156 e. The molecule has 0 radical (unpaired) electrons. The number of aromatic nitrogens is 2. The molecule has 0 aliphatic heterocycles. The van der Waals surface area contributed by atoms with E-state index in [-0.39, 0.29) is 0 Å². The van der Waals surface area contributed by atoms with Crippen LogP contribution in [0.15, 0.2) is 54.6 Å². The first-order chi connectivity index (χ1) is 10.2. The molecule has 3 rings (SSSR count). The molecule has 0 aliphatic rings. The van der Waals surface area contributed by atoms with E-state index in [9.17, 15) is 0 Å². The first kappa shape index (κ1) is 13.6. The number of nitrogens with one attached hydrogen (secondary N) is 1. The Morgan fingerprint density at radius 3 is 2.33 bits per heavy atom. The number of hydrogen-bond donors (Lipinski definition) is 1. The lowest BCUT2D eigenvalue weighted by atomic mass is 10.1. The zero-order valence-electron chi connectivity index (χ0n) is 12.4. The first-order valence-corrected chi connectivity index (χ1v) is 7.26. The lowest BCUT2D eigenvalue weighted by molar-refractivity contribution is 0.780. The fourth-order valence-corrected chi connectivity index (χ4v) is 2.60. The van der Waals surface area contributed by atoms with Crippen molar-refractivity contribution in [1.29, 1.82) is 0 Å². The van der Waals surface area contributed by atoms with Crippen LogP contribution in [0.25, 0.3) is 10.8 Å². The van der Waals surface area contributed by atoms with E-state index in [0.29, 0.717) is 6.04 Å². The van der Waals surface area contributed by atoms with Crippen molar-refractivity contribution in [3.05, 3.63) is 65.9 Å². The quantitative estimate of drug-likeness (QED) is 0.783. The fourth-order valence-electron chi connectivity index (χ4n) is 2.60. The zero-order chi connectivity index (χ0) is 14.7. The molecule has 0 bridgehead atoms. The van der Waals surface area contributed by atoms with Gasteiger partial charge in [0.1, 0.15) is 0 Å². The molecule has 1 heterocycles. The Kier molecular flexibility index (Phi) is 3.82. The maximum atomic E-state index is 4.33. The van der Waals surface area contributed by atoms with Gasteiger partial charge in [-0.25, -0.2) is 0 Å². The Hall–Kier alpha value is -2.42. The van der Waals surface area contributed by atoms with Crippen LogP contribution in [0.3, 0.4) is 0 Å². The van der Waals surface area contributed by atoms with Crippen molar-refractivity contribution in [2.45, 2.75) is 26.3 Å². The predicted octanol–water partition coefficient (Wildman–Crippen LogP) is 3.98. The van der Waals surface area contributed by atoms with Crippen molar-refractivity contribution in [3.8, 4) is 0 Å². The maximum absolute atomic E-state index is 4.33. The zero-order valence-corrected chi connectivity index (χ0v) is 12.4. The third-order valence-electron chi connectivity index (χ3n) is 3.64. The standard InChI is InChI=1S/C18H19N3/c1-13(12-15-8-4-3-5-9-15)19-18-17-11-7-6-10-16(17)14(2)20-21-18/h3-11,13H,12H2,1-2H3,(H,19,21). The van der Waals surface area contributed by atoms with Crippen LogP contribution in [-0.4, -0.2) is 16.2 Å². The minimum atomic E-state index is 0.299. The van der Waals surface area contributed by atoms with Crippen molar-refractivity contribution in [2.75, 3.05) is 5.32 Å². The largest absolute Gasteiger partial charge is 0.365 e. The van der Waals surface area contributed by atoms with Gasteiger partial charge in [0.15, 0.2) is 5.82 Å². The van der Waals surface area contributed by atoms with Gasteiger partial charge < -0.3 is 5.32 Å². The molecular weight excluding hydrogens is 258 g/mol. The normalized spacial score (nSPS) is 12.3. The number of anilines is 1. The van der Waals surface area contributed by atoms with E-state index >= 15 is 0 Å². The number of benzene rings is 2. The van der Waals surface area contributed by atoms with Crippen LogP contribution >= 0.6 is 0 Å². The Morgan fingerprint density at radius 1 is 0.905 bits per heavy atom. The molecule has 3 aromatic rings. The Morgan fingerprint density at radius 2 is 1.57 bits per heavy atom. The highest BCUT2D eigenvalue weighted by molar-refractivity contribution is 5.92. The number of fused-ring (bicyclic) bond motifs is 1. The molecule has 0 aliphatic carbocycles. The summed E-state index contributed by atoms with van der Waals surface area (Å²) >= 11 is 0. The Labute approximate surface area is 125 Å². The maximum Gasteiger partial charge on any atom is 0.156 e. The average Bonchev–Trinajstić information content (AvgIpc) is 2.51. The second kappa shape index (κ2) is 5.92. The van der Waals surface area contributed by atoms with Gasteiger partial charge in [0.25, 0.3) is 0 Å². The lowest BCUT2D eigenvalue weighted by Gasteiger charge is -2.16. The highest BCUT2D eigenvalue weighted by Gasteiger charge is 2.09. The summed E-state index contributed by atoms with van der Waals surface area (Å²) in [6.07, 6.45) is 0.963. The molecule has 0 saturated heterocycles. The summed E-state index contributed by atoms with van der Waals surface area (Å²) in [6.45, 7) is 4.16. The summed E-state index contributed by atoms with van der Waals surface area (Å²) in [5.74, 6) is 0.861. The summed E-state index contributed by atoms with van der Waals surface area (Å²) in [4.78, 5) is 0. The molecule has 3 nitrogen and oxygen atoms in total. The molecule has 0 amide bonds. The van der Waals surface area contributed by atoms with Crippen LogP contribution in [0, 0.1) is 6.92 Å². The van der Waals surface area contributed by atoms with E-state index < -0.39 is 0 Å². The second-order valence-corrected chi connectivity index (χ2v) is 5.41.